The van der Waals surface area contributed by atoms with Crippen molar-refractivity contribution in [3.05, 3.63) is 387 Å². The molecule has 0 amide bonds. The SMILES string of the molecule is c1cc2ccncn2c1.c1cc2ccnn2cn1.c1cc2cnccn2c1.c1ccc2ccccc2c1.c1ccn2cncc2c1.c1ccn2nccc2c1.c1ccn2nncc2c1.c1cn2nccc2cn1.c1cnc2cccn2c1.c1cnc2ccnn2c1.c1cnn2cncc2c1. The maximum atomic E-state index is 4.10. The third-order valence-corrected chi connectivity index (χ3v) is 14.2. The van der Waals surface area contributed by atoms with Gasteiger partial charge in [0, 0.05) is 123 Å². The molecule has 22 aromatic rings. The van der Waals surface area contributed by atoms with Crippen molar-refractivity contribution in [2.45, 2.75) is 0 Å². The van der Waals surface area contributed by atoms with E-state index >= 15 is 0 Å². The Kier molecular flexibility index (Phi) is 22.8. The van der Waals surface area contributed by atoms with E-state index in [0.717, 1.165) is 49.9 Å². The van der Waals surface area contributed by atoms with Crippen LogP contribution in [0.1, 0.15) is 0 Å². The lowest BCUT2D eigenvalue weighted by Crippen LogP contribution is -1.85. The molecule has 20 heterocycles. The number of hydrogen-bond acceptors (Lipinski definition) is 15. The summed E-state index contributed by atoms with van der Waals surface area (Å²) in [5.41, 5.74) is 10.6. The zero-order valence-corrected chi connectivity index (χ0v) is 53.6. The molecule has 0 spiro atoms. The van der Waals surface area contributed by atoms with Gasteiger partial charge in [-0.1, -0.05) is 71.9 Å². The van der Waals surface area contributed by atoms with Gasteiger partial charge in [-0.3, -0.25) is 9.97 Å². The van der Waals surface area contributed by atoms with E-state index in [4.69, 9.17) is 0 Å². The van der Waals surface area contributed by atoms with E-state index in [0.29, 0.717) is 0 Å². The molecule has 0 N–H and O–H groups in total. The highest BCUT2D eigenvalue weighted by molar-refractivity contribution is 5.82. The first-order valence-electron chi connectivity index (χ1n) is 31.1. The van der Waals surface area contributed by atoms with E-state index in [2.05, 4.69) is 124 Å². The molecule has 22 rings (SSSR count). The van der Waals surface area contributed by atoms with Crippen LogP contribution in [0.25, 0.3) is 66.2 Å². The predicted octanol–water partition coefficient (Wildman–Crippen LogP) is 13.2. The summed E-state index contributed by atoms with van der Waals surface area (Å²) in [6.07, 6.45) is 54.4. The molecule has 0 aliphatic heterocycles. The van der Waals surface area contributed by atoms with Crippen LogP contribution < -0.4 is 0 Å². The highest BCUT2D eigenvalue weighted by Gasteiger charge is 1.94. The lowest BCUT2D eigenvalue weighted by atomic mass is 10.1. The zero-order valence-electron chi connectivity index (χ0n) is 53.6. The van der Waals surface area contributed by atoms with Crippen molar-refractivity contribution in [3.8, 4) is 0 Å². The summed E-state index contributed by atoms with van der Waals surface area (Å²) in [6.45, 7) is 0. The average Bonchev–Trinajstić information content (AvgIpc) is 2.26. The van der Waals surface area contributed by atoms with Gasteiger partial charge in [0.15, 0.2) is 5.65 Å². The second-order valence-electron chi connectivity index (χ2n) is 20.8. The van der Waals surface area contributed by atoms with Crippen LogP contribution >= 0.6 is 0 Å². The molecule has 0 radical (unpaired) electrons. The highest BCUT2D eigenvalue weighted by Crippen LogP contribution is 2.12. The van der Waals surface area contributed by atoms with E-state index in [1.807, 2.05) is 248 Å². The molecular formula is C75H63N25. The number of hydrogen-bond donors (Lipinski definition) is 0. The lowest BCUT2D eigenvalue weighted by molar-refractivity contribution is 0.855. The van der Waals surface area contributed by atoms with Crippen LogP contribution in [-0.2, 0) is 0 Å². The maximum absolute atomic E-state index is 4.10. The lowest BCUT2D eigenvalue weighted by Gasteiger charge is -1.92. The second kappa shape index (κ2) is 35.0. The molecule has 0 atom stereocenters. The Labute approximate surface area is 570 Å². The predicted molar refractivity (Wildman–Crippen MR) is 385 cm³/mol. The third kappa shape index (κ3) is 18.8. The van der Waals surface area contributed by atoms with E-state index in [-0.39, 0.29) is 0 Å². The molecule has 0 saturated carbocycles. The number of imidazole rings is 2. The number of pyridine rings is 3. The molecule has 0 aliphatic rings. The largest absolute Gasteiger partial charge is 0.321 e. The molecule has 25 heteroatoms. The van der Waals surface area contributed by atoms with Crippen LogP contribution in [0.15, 0.2) is 387 Å². The summed E-state index contributed by atoms with van der Waals surface area (Å²) >= 11 is 0. The summed E-state index contributed by atoms with van der Waals surface area (Å²) in [6, 6.07) is 65.7. The fourth-order valence-electron chi connectivity index (χ4n) is 9.35. The summed E-state index contributed by atoms with van der Waals surface area (Å²) in [5, 5.41) is 30.1. The fraction of sp³-hybridized carbons (Fsp3) is 0. The van der Waals surface area contributed by atoms with Crippen molar-refractivity contribution in [2.75, 3.05) is 0 Å². The first-order valence-corrected chi connectivity index (χ1v) is 31.1. The molecule has 0 fully saturated rings. The minimum Gasteiger partial charge on any atom is -0.321 e. The first-order chi connectivity index (χ1) is 49.6. The molecule has 0 unspecified atom stereocenters. The first kappa shape index (κ1) is 65.3. The van der Waals surface area contributed by atoms with Crippen LogP contribution in [0.5, 0.6) is 0 Å². The van der Waals surface area contributed by atoms with Gasteiger partial charge in [0.2, 0.25) is 0 Å². The zero-order chi connectivity index (χ0) is 67.9. The molecule has 0 saturated heterocycles. The monoisotopic (exact) mass is 1310 g/mol. The van der Waals surface area contributed by atoms with Crippen molar-refractivity contribution in [2.24, 2.45) is 0 Å². The Bertz CT molecular complexity index is 4530. The molecule has 0 aliphatic carbocycles. The Morgan fingerprint density at radius 1 is 0.200 bits per heavy atom. The van der Waals surface area contributed by atoms with Crippen molar-refractivity contribution < 1.29 is 0 Å². The maximum Gasteiger partial charge on any atom is 0.154 e. The topological polar surface area (TPSA) is 237 Å². The Morgan fingerprint density at radius 2 is 0.640 bits per heavy atom. The smallest absolute Gasteiger partial charge is 0.154 e. The Morgan fingerprint density at radius 3 is 1.36 bits per heavy atom. The van der Waals surface area contributed by atoms with E-state index in [9.17, 15) is 0 Å². The molecule has 2 aromatic carbocycles. The molecule has 0 bridgehead atoms. The second-order valence-corrected chi connectivity index (χ2v) is 20.8. The minimum atomic E-state index is 0.887. The average molecular weight is 1310 g/mol. The summed E-state index contributed by atoms with van der Waals surface area (Å²) in [5.74, 6) is 0. The molecule has 25 nitrogen and oxygen atoms in total. The normalized spacial score (nSPS) is 10.2. The van der Waals surface area contributed by atoms with Gasteiger partial charge in [-0.15, -0.1) is 5.10 Å². The van der Waals surface area contributed by atoms with Crippen molar-refractivity contribution in [1.29, 1.82) is 0 Å². The van der Waals surface area contributed by atoms with Gasteiger partial charge in [-0.2, -0.15) is 25.5 Å². The molecule has 20 aromatic heterocycles. The Balaban J connectivity index is 0.000000104. The summed E-state index contributed by atoms with van der Waals surface area (Å²) in [4.78, 5) is 31.7. The van der Waals surface area contributed by atoms with E-state index < -0.39 is 0 Å². The van der Waals surface area contributed by atoms with E-state index in [1.54, 1.807) is 135 Å². The number of nitrogens with zero attached hydrogens (tertiary/aromatic N) is 25. The molecule has 488 valence electrons. The number of benzene rings is 2. The summed E-state index contributed by atoms with van der Waals surface area (Å²) < 4.78 is 18.4. The van der Waals surface area contributed by atoms with Gasteiger partial charge < -0.3 is 17.6 Å². The van der Waals surface area contributed by atoms with Crippen molar-refractivity contribution in [1.82, 2.24) is 120 Å². The minimum absolute atomic E-state index is 0.887. The molecule has 100 heavy (non-hydrogen) atoms. The van der Waals surface area contributed by atoms with Crippen LogP contribution in [-0.4, -0.2) is 120 Å². The fourth-order valence-corrected chi connectivity index (χ4v) is 9.35. The van der Waals surface area contributed by atoms with Gasteiger partial charge in [0.1, 0.15) is 18.3 Å². The standard InChI is InChI=1S/C10H8.5C7H6N2.5C6H5N3/c1-2-6-10-8-4-3-7-9(10)5-1;1-3-7-8-4-2-6-9(7)5-1;1-2-7-3-4-8-6-9(7)5-1;1-2-7-6-8-3-5-9(7)4-1;1-2-6-9-7(3-1)4-5-8-9;1-2-4-9-6-8-5-7(9)3-1;1-3-7-5-9-6(1)2-4-8-9;1-3-7-6-2-4-8-9(6)5-1;1-2-8-9-4-3-7-5-6(1)9;1-2-6-4-7-5-9(6)8-3-1;1-2-4-9-6(3-1)5-7-8-9/h1-8H;5*1-6H;5*1-5H. The number of aromatic nitrogens is 25. The highest BCUT2D eigenvalue weighted by atomic mass is 15.4. The van der Waals surface area contributed by atoms with Gasteiger partial charge in [0.25, 0.3) is 0 Å². The van der Waals surface area contributed by atoms with Crippen molar-refractivity contribution in [3.63, 3.8) is 0 Å². The van der Waals surface area contributed by atoms with Gasteiger partial charge in [0.05, 0.1) is 101 Å². The third-order valence-electron chi connectivity index (χ3n) is 14.2. The summed E-state index contributed by atoms with van der Waals surface area (Å²) in [7, 11) is 0. The number of rotatable bonds is 0. The van der Waals surface area contributed by atoms with Crippen molar-refractivity contribution >= 4 is 66.2 Å². The van der Waals surface area contributed by atoms with Crippen LogP contribution in [0.4, 0.5) is 0 Å². The van der Waals surface area contributed by atoms with E-state index in [1.165, 1.54) is 16.3 Å². The quantitative estimate of drug-likeness (QED) is 0.137. The van der Waals surface area contributed by atoms with Crippen LogP contribution in [0.3, 0.4) is 0 Å². The van der Waals surface area contributed by atoms with Gasteiger partial charge in [-0.05, 0) is 138 Å². The van der Waals surface area contributed by atoms with Gasteiger partial charge >= 0.3 is 0 Å². The van der Waals surface area contributed by atoms with Crippen LogP contribution in [0, 0.1) is 0 Å². The van der Waals surface area contributed by atoms with Crippen LogP contribution in [0.2, 0.25) is 0 Å². The van der Waals surface area contributed by atoms with Gasteiger partial charge in [-0.25, -0.2) is 57.0 Å². The molecular weight excluding hydrogens is 1250 g/mol. The Hall–Kier alpha value is -14.8. The number of fused-ring (bicyclic) bond motifs is 11.